The van der Waals surface area contributed by atoms with Gasteiger partial charge in [-0.15, -0.1) is 0 Å². The van der Waals surface area contributed by atoms with Gasteiger partial charge in [0.1, 0.15) is 0 Å². The highest BCUT2D eigenvalue weighted by Gasteiger charge is 2.24. The minimum atomic E-state index is -1.46. The molecule has 0 aliphatic carbocycles. The minimum Gasteiger partial charge on any atom is -0.863 e. The number of hydrogen-bond donors (Lipinski definition) is 0. The summed E-state index contributed by atoms with van der Waals surface area (Å²) in [7, 11) is 0. The number of rotatable bonds is 11. The van der Waals surface area contributed by atoms with Gasteiger partial charge >= 0.3 is 0 Å². The molecule has 40 heavy (non-hydrogen) atoms. The highest BCUT2D eigenvalue weighted by Crippen LogP contribution is 2.37. The van der Waals surface area contributed by atoms with E-state index in [0.717, 1.165) is 42.6 Å². The Bertz CT molecular complexity index is 1460. The van der Waals surface area contributed by atoms with Gasteiger partial charge in [-0.3, -0.25) is 30.3 Å². The van der Waals surface area contributed by atoms with Crippen molar-refractivity contribution in [3.05, 3.63) is 103 Å². The van der Waals surface area contributed by atoms with Crippen LogP contribution in [0.4, 0.5) is 17.1 Å². The summed E-state index contributed by atoms with van der Waals surface area (Å²) in [5.41, 5.74) is 0.400. The molecular weight excluding hydrogens is 540 g/mol. The van der Waals surface area contributed by atoms with E-state index in [0.29, 0.717) is 12.1 Å². The third-order valence-electron chi connectivity index (χ3n) is 6.00. The number of hydrogen-bond acceptors (Lipinski definition) is 10. The number of non-ortho nitro benzene ring substituents is 1. The molecule has 0 bridgehead atoms. The van der Waals surface area contributed by atoms with Crippen LogP contribution in [-0.2, 0) is 12.3 Å². The van der Waals surface area contributed by atoms with Crippen LogP contribution in [0.1, 0.15) is 19.4 Å². The van der Waals surface area contributed by atoms with E-state index in [1.54, 1.807) is 0 Å². The molecule has 0 aliphatic rings. The van der Waals surface area contributed by atoms with Crippen LogP contribution >= 0.6 is 11.8 Å². The molecule has 1 heterocycles. The van der Waals surface area contributed by atoms with Crippen LogP contribution in [0.5, 0.6) is 5.75 Å². The second-order valence-corrected chi connectivity index (χ2v) is 9.36. The van der Waals surface area contributed by atoms with Gasteiger partial charge in [0.2, 0.25) is 0 Å². The lowest BCUT2D eigenvalue weighted by molar-refractivity contribution is -0.420. The van der Waals surface area contributed by atoms with Crippen LogP contribution in [0.2, 0.25) is 0 Å². The van der Waals surface area contributed by atoms with Gasteiger partial charge in [-0.25, -0.2) is 4.98 Å². The van der Waals surface area contributed by atoms with Crippen molar-refractivity contribution >= 4 is 39.9 Å². The molecular formula is C26H27N6O7S-. The maximum absolute atomic E-state index is 11.1. The molecule has 0 atom stereocenters. The topological polar surface area (TPSA) is 174 Å². The summed E-state index contributed by atoms with van der Waals surface area (Å²) in [6.45, 7) is 8.68. The molecule has 0 radical (unpaired) electrons. The second kappa shape index (κ2) is 14.0. The van der Waals surface area contributed by atoms with Crippen molar-refractivity contribution in [1.29, 1.82) is 0 Å². The number of nitrogens with zero attached hydrogens (tertiary/aromatic N) is 6. The van der Waals surface area contributed by atoms with Gasteiger partial charge in [0, 0.05) is 18.8 Å². The summed E-state index contributed by atoms with van der Waals surface area (Å²) in [6, 6.07) is 19.8. The maximum atomic E-state index is 11.1. The minimum absolute atomic E-state index is 0.384. The standard InChI is InChI=1S/C20H25N3S.C6H3N3O7/c1-3-22(4-2)14-15-23-19-13-9-8-12-18(19)21-20(23)24-16-17-10-6-5-7-11-17;10-6-4(8(13)14)1-3(7(11)12)2-5(6)9(15)16/h5-13H,3-4,14-16H2,1-2H3;1-2,10H/p-1. The van der Waals surface area contributed by atoms with Gasteiger partial charge in [0.25, 0.3) is 17.1 Å². The number of nitro benzene ring substituents is 3. The number of para-hydroxylation sites is 2. The first-order chi connectivity index (χ1) is 19.2. The average molecular weight is 568 g/mol. The van der Waals surface area contributed by atoms with E-state index in [4.69, 9.17) is 4.98 Å². The number of imidazole rings is 1. The molecule has 3 aromatic carbocycles. The van der Waals surface area contributed by atoms with Crippen molar-refractivity contribution in [3.8, 4) is 5.75 Å². The quantitative estimate of drug-likeness (QED) is 0.134. The highest BCUT2D eigenvalue weighted by molar-refractivity contribution is 7.98. The summed E-state index contributed by atoms with van der Waals surface area (Å²) in [6.07, 6.45) is 0. The van der Waals surface area contributed by atoms with Gasteiger partial charge in [-0.2, -0.15) is 0 Å². The Kier molecular flexibility index (Phi) is 10.5. The lowest BCUT2D eigenvalue weighted by atomic mass is 10.2. The molecule has 0 fully saturated rings. The van der Waals surface area contributed by atoms with Crippen LogP contribution in [-0.4, -0.2) is 48.9 Å². The van der Waals surface area contributed by atoms with Crippen molar-refractivity contribution in [2.75, 3.05) is 19.6 Å². The molecule has 0 saturated heterocycles. The lowest BCUT2D eigenvalue weighted by Gasteiger charge is -2.19. The van der Waals surface area contributed by atoms with Crippen LogP contribution in [0.25, 0.3) is 11.0 Å². The Morgan fingerprint density at radius 3 is 1.98 bits per heavy atom. The Labute approximate surface area is 233 Å². The van der Waals surface area contributed by atoms with E-state index in [1.807, 2.05) is 11.8 Å². The van der Waals surface area contributed by atoms with E-state index in [1.165, 1.54) is 11.1 Å². The number of likely N-dealkylation sites (N-methyl/N-ethyl adjacent to an activating group) is 1. The number of thioether (sulfide) groups is 1. The number of aromatic nitrogens is 2. The highest BCUT2D eigenvalue weighted by atomic mass is 32.2. The number of fused-ring (bicyclic) bond motifs is 1. The molecule has 0 aliphatic heterocycles. The van der Waals surface area contributed by atoms with E-state index in [2.05, 4.69) is 77.9 Å². The third kappa shape index (κ3) is 7.51. The van der Waals surface area contributed by atoms with E-state index < -0.39 is 37.6 Å². The fourth-order valence-electron chi connectivity index (χ4n) is 3.84. The first-order valence-corrected chi connectivity index (χ1v) is 13.3. The second-order valence-electron chi connectivity index (χ2n) is 8.42. The van der Waals surface area contributed by atoms with Crippen molar-refractivity contribution in [2.45, 2.75) is 31.3 Å². The summed E-state index contributed by atoms with van der Waals surface area (Å²) in [4.78, 5) is 34.8. The first-order valence-electron chi connectivity index (χ1n) is 12.3. The summed E-state index contributed by atoms with van der Waals surface area (Å²) in [5.74, 6) is -0.504. The first kappa shape index (κ1) is 30.0. The van der Waals surface area contributed by atoms with Crippen molar-refractivity contribution < 1.29 is 19.9 Å². The Hall–Kier alpha value is -4.56. The molecule has 0 spiro atoms. The molecule has 0 unspecified atom stereocenters. The monoisotopic (exact) mass is 567 g/mol. The Morgan fingerprint density at radius 2 is 1.43 bits per heavy atom. The van der Waals surface area contributed by atoms with Crippen molar-refractivity contribution in [2.24, 2.45) is 0 Å². The van der Waals surface area contributed by atoms with Gasteiger partial charge in [0.05, 0.1) is 43.7 Å². The maximum Gasteiger partial charge on any atom is 0.283 e. The van der Waals surface area contributed by atoms with E-state index in [9.17, 15) is 35.4 Å². The average Bonchev–Trinajstić information content (AvgIpc) is 3.30. The predicted molar refractivity (Wildman–Crippen MR) is 149 cm³/mol. The molecule has 14 heteroatoms. The zero-order valence-corrected chi connectivity index (χ0v) is 22.7. The number of benzene rings is 3. The van der Waals surface area contributed by atoms with Gasteiger partial charge < -0.3 is 14.6 Å². The van der Waals surface area contributed by atoms with E-state index in [-0.39, 0.29) is 0 Å². The molecule has 0 N–H and O–H groups in total. The fraction of sp³-hybridized carbons (Fsp3) is 0.269. The Morgan fingerprint density at radius 1 is 0.850 bits per heavy atom. The molecule has 0 saturated carbocycles. The molecule has 4 rings (SSSR count). The fourth-order valence-corrected chi connectivity index (χ4v) is 4.84. The lowest BCUT2D eigenvalue weighted by Crippen LogP contribution is -2.27. The van der Waals surface area contributed by atoms with Crippen LogP contribution in [0.3, 0.4) is 0 Å². The van der Waals surface area contributed by atoms with Crippen LogP contribution < -0.4 is 5.11 Å². The zero-order chi connectivity index (χ0) is 29.2. The number of nitro groups is 3. The Balaban J connectivity index is 0.000000241. The van der Waals surface area contributed by atoms with Gasteiger partial charge in [-0.1, -0.05) is 68.1 Å². The molecule has 0 amide bonds. The van der Waals surface area contributed by atoms with Crippen LogP contribution in [0, 0.1) is 30.3 Å². The predicted octanol–water partition coefficient (Wildman–Crippen LogP) is 5.16. The molecule has 1 aromatic heterocycles. The summed E-state index contributed by atoms with van der Waals surface area (Å²) >= 11 is 1.83. The third-order valence-corrected chi connectivity index (χ3v) is 7.05. The molecule has 13 nitrogen and oxygen atoms in total. The normalized spacial score (nSPS) is 10.8. The largest absolute Gasteiger partial charge is 0.863 e. The van der Waals surface area contributed by atoms with Crippen LogP contribution in [0.15, 0.2) is 71.9 Å². The smallest absolute Gasteiger partial charge is 0.283 e. The van der Waals surface area contributed by atoms with Gasteiger partial charge in [-0.05, 0) is 30.8 Å². The SMILES string of the molecule is CCN(CC)CCn1c(SCc2ccccc2)nc2ccccc21.O=[N+]([O-])c1cc([N+](=O)[O-])c([O-])c([N+](=O)[O-])c1. The zero-order valence-electron chi connectivity index (χ0n) is 21.8. The van der Waals surface area contributed by atoms with Crippen molar-refractivity contribution in [1.82, 2.24) is 14.5 Å². The van der Waals surface area contributed by atoms with Crippen molar-refractivity contribution in [3.63, 3.8) is 0 Å². The molecule has 4 aromatic rings. The van der Waals surface area contributed by atoms with Gasteiger partial charge in [0.15, 0.2) is 5.16 Å². The summed E-state index contributed by atoms with van der Waals surface area (Å²) < 4.78 is 2.38. The summed E-state index contributed by atoms with van der Waals surface area (Å²) in [5, 5.41) is 43.2. The molecule has 210 valence electrons. The van der Waals surface area contributed by atoms with E-state index >= 15 is 0 Å².